The van der Waals surface area contributed by atoms with Gasteiger partial charge >= 0.3 is 11.9 Å². The number of nitrogens with one attached hydrogen (secondary N) is 1. The summed E-state index contributed by atoms with van der Waals surface area (Å²) in [5.41, 5.74) is 0.998. The standard InChI is InChI=1S/C21H22FNO5S/c1-5-27-20(25)17-13(4)18(21(26)28-12(2)3)29-19(17)23-16(24)10-9-14-7-6-8-15(22)11-14/h6-12H,5H2,1-4H3,(H,23,24)/b10-9+. The first-order chi connectivity index (χ1) is 13.7. The predicted molar refractivity (Wildman–Crippen MR) is 110 cm³/mol. The maximum Gasteiger partial charge on any atom is 0.348 e. The fraction of sp³-hybridized carbons (Fsp3) is 0.286. The van der Waals surface area contributed by atoms with E-state index in [1.165, 1.54) is 30.4 Å². The van der Waals surface area contributed by atoms with Gasteiger partial charge in [-0.1, -0.05) is 12.1 Å². The molecule has 0 bridgehead atoms. The van der Waals surface area contributed by atoms with Crippen molar-refractivity contribution in [1.82, 2.24) is 0 Å². The van der Waals surface area contributed by atoms with Crippen molar-refractivity contribution in [3.8, 4) is 0 Å². The van der Waals surface area contributed by atoms with Crippen LogP contribution in [-0.2, 0) is 14.3 Å². The number of halogens is 1. The Kier molecular flexibility index (Phi) is 7.67. The molecule has 0 aliphatic rings. The minimum Gasteiger partial charge on any atom is -0.462 e. The molecule has 1 amide bonds. The molecule has 0 saturated heterocycles. The molecule has 1 heterocycles. The van der Waals surface area contributed by atoms with Crippen LogP contribution in [0.3, 0.4) is 0 Å². The Morgan fingerprint density at radius 1 is 1.24 bits per heavy atom. The molecule has 0 atom stereocenters. The summed E-state index contributed by atoms with van der Waals surface area (Å²) in [4.78, 5) is 37.2. The van der Waals surface area contributed by atoms with Gasteiger partial charge in [0.05, 0.1) is 18.3 Å². The highest BCUT2D eigenvalue weighted by atomic mass is 32.1. The molecule has 6 nitrogen and oxygen atoms in total. The van der Waals surface area contributed by atoms with E-state index < -0.39 is 23.7 Å². The molecule has 0 saturated carbocycles. The minimum atomic E-state index is -0.644. The number of carbonyl (C=O) groups excluding carboxylic acids is 3. The van der Waals surface area contributed by atoms with E-state index in [4.69, 9.17) is 9.47 Å². The Labute approximate surface area is 172 Å². The molecule has 2 aromatic rings. The smallest absolute Gasteiger partial charge is 0.348 e. The molecule has 0 unspecified atom stereocenters. The molecule has 0 aliphatic carbocycles. The van der Waals surface area contributed by atoms with Crippen molar-refractivity contribution in [1.29, 1.82) is 0 Å². The van der Waals surface area contributed by atoms with Crippen LogP contribution in [0.25, 0.3) is 6.08 Å². The van der Waals surface area contributed by atoms with E-state index in [0.29, 0.717) is 11.1 Å². The molecule has 154 valence electrons. The average molecular weight is 419 g/mol. The lowest BCUT2D eigenvalue weighted by molar-refractivity contribution is -0.111. The van der Waals surface area contributed by atoms with Gasteiger partial charge < -0.3 is 14.8 Å². The molecular formula is C21H22FNO5S. The van der Waals surface area contributed by atoms with Gasteiger partial charge in [-0.05, 0) is 57.0 Å². The lowest BCUT2D eigenvalue weighted by atomic mass is 10.1. The van der Waals surface area contributed by atoms with Crippen molar-refractivity contribution in [2.24, 2.45) is 0 Å². The molecule has 2 rings (SSSR count). The quantitative estimate of drug-likeness (QED) is 0.524. The SMILES string of the molecule is CCOC(=O)c1c(NC(=O)/C=C/c2cccc(F)c2)sc(C(=O)OC(C)C)c1C. The van der Waals surface area contributed by atoms with Gasteiger partial charge in [-0.2, -0.15) is 0 Å². The normalized spacial score (nSPS) is 11.0. The third kappa shape index (κ3) is 5.99. The summed E-state index contributed by atoms with van der Waals surface area (Å²) < 4.78 is 23.5. The zero-order valence-corrected chi connectivity index (χ0v) is 17.4. The van der Waals surface area contributed by atoms with Gasteiger partial charge in [0.2, 0.25) is 5.91 Å². The third-order valence-electron chi connectivity index (χ3n) is 3.67. The Morgan fingerprint density at radius 2 is 1.97 bits per heavy atom. The number of benzene rings is 1. The van der Waals surface area contributed by atoms with Crippen LogP contribution in [-0.4, -0.2) is 30.6 Å². The van der Waals surface area contributed by atoms with Crippen molar-refractivity contribution >= 4 is 40.3 Å². The fourth-order valence-corrected chi connectivity index (χ4v) is 3.53. The van der Waals surface area contributed by atoms with Crippen molar-refractivity contribution in [3.05, 3.63) is 57.7 Å². The Hall–Kier alpha value is -3.00. The van der Waals surface area contributed by atoms with E-state index in [1.54, 1.807) is 33.8 Å². The van der Waals surface area contributed by atoms with Crippen molar-refractivity contribution in [2.45, 2.75) is 33.8 Å². The second-order valence-electron chi connectivity index (χ2n) is 6.31. The van der Waals surface area contributed by atoms with Gasteiger partial charge in [-0.15, -0.1) is 11.3 Å². The second kappa shape index (κ2) is 9.97. The van der Waals surface area contributed by atoms with Crippen LogP contribution in [0.4, 0.5) is 9.39 Å². The fourth-order valence-electron chi connectivity index (χ4n) is 2.45. The molecule has 0 radical (unpaired) electrons. The van der Waals surface area contributed by atoms with E-state index in [9.17, 15) is 18.8 Å². The Bertz CT molecular complexity index is 949. The first kappa shape index (κ1) is 22.3. The molecule has 8 heteroatoms. The zero-order chi connectivity index (χ0) is 21.6. The maximum atomic E-state index is 13.2. The molecular weight excluding hydrogens is 397 g/mol. The summed E-state index contributed by atoms with van der Waals surface area (Å²) in [5.74, 6) is -2.18. The lowest BCUT2D eigenvalue weighted by Gasteiger charge is -2.07. The number of ether oxygens (including phenoxy) is 2. The molecule has 1 N–H and O–H groups in total. The van der Waals surface area contributed by atoms with Gasteiger partial charge in [-0.3, -0.25) is 4.79 Å². The van der Waals surface area contributed by atoms with E-state index in [-0.39, 0.29) is 28.2 Å². The van der Waals surface area contributed by atoms with Crippen LogP contribution >= 0.6 is 11.3 Å². The zero-order valence-electron chi connectivity index (χ0n) is 16.6. The first-order valence-corrected chi connectivity index (χ1v) is 9.80. The monoisotopic (exact) mass is 419 g/mol. The number of carbonyl (C=O) groups is 3. The third-order valence-corrected chi connectivity index (χ3v) is 4.85. The number of thiophene rings is 1. The summed E-state index contributed by atoms with van der Waals surface area (Å²) >= 11 is 0.942. The summed E-state index contributed by atoms with van der Waals surface area (Å²) in [6.45, 7) is 6.83. The van der Waals surface area contributed by atoms with Gasteiger partial charge in [-0.25, -0.2) is 14.0 Å². The Balaban J connectivity index is 2.30. The summed E-state index contributed by atoms with van der Waals surface area (Å²) in [6.07, 6.45) is 2.32. The number of rotatable bonds is 7. The van der Waals surface area contributed by atoms with Crippen molar-refractivity contribution in [3.63, 3.8) is 0 Å². The molecule has 0 spiro atoms. The molecule has 1 aromatic heterocycles. The second-order valence-corrected chi connectivity index (χ2v) is 7.33. The van der Waals surface area contributed by atoms with Crippen LogP contribution in [0.2, 0.25) is 0 Å². The minimum absolute atomic E-state index is 0.111. The van der Waals surface area contributed by atoms with Crippen LogP contribution in [0, 0.1) is 12.7 Å². The first-order valence-electron chi connectivity index (χ1n) is 8.99. The highest BCUT2D eigenvalue weighted by Gasteiger charge is 2.27. The number of hydrogen-bond donors (Lipinski definition) is 1. The van der Waals surface area contributed by atoms with Gasteiger partial charge in [0.25, 0.3) is 0 Å². The summed E-state index contributed by atoms with van der Waals surface area (Å²) in [5, 5.41) is 2.78. The molecule has 0 aliphatic heterocycles. The molecule has 1 aromatic carbocycles. The van der Waals surface area contributed by atoms with Crippen molar-refractivity contribution in [2.75, 3.05) is 11.9 Å². The Morgan fingerprint density at radius 3 is 2.59 bits per heavy atom. The highest BCUT2D eigenvalue weighted by Crippen LogP contribution is 2.34. The maximum absolute atomic E-state index is 13.2. The highest BCUT2D eigenvalue weighted by molar-refractivity contribution is 7.18. The largest absolute Gasteiger partial charge is 0.462 e. The molecule has 29 heavy (non-hydrogen) atoms. The van der Waals surface area contributed by atoms with Gasteiger partial charge in [0.15, 0.2) is 0 Å². The van der Waals surface area contributed by atoms with Crippen LogP contribution in [0.15, 0.2) is 30.3 Å². The van der Waals surface area contributed by atoms with Gasteiger partial charge in [0, 0.05) is 6.08 Å². The van der Waals surface area contributed by atoms with Crippen molar-refractivity contribution < 1.29 is 28.2 Å². The van der Waals surface area contributed by atoms with E-state index in [2.05, 4.69) is 5.32 Å². The summed E-state index contributed by atoms with van der Waals surface area (Å²) in [6, 6.07) is 5.76. The average Bonchev–Trinajstić information content (AvgIpc) is 2.96. The van der Waals surface area contributed by atoms with Crippen LogP contribution in [0.1, 0.15) is 51.9 Å². The lowest BCUT2D eigenvalue weighted by Crippen LogP contribution is -2.13. The number of anilines is 1. The summed E-state index contributed by atoms with van der Waals surface area (Å²) in [7, 11) is 0. The van der Waals surface area contributed by atoms with E-state index >= 15 is 0 Å². The molecule has 0 fully saturated rings. The van der Waals surface area contributed by atoms with Crippen LogP contribution in [0.5, 0.6) is 0 Å². The number of amides is 1. The van der Waals surface area contributed by atoms with E-state index in [0.717, 1.165) is 11.3 Å². The number of hydrogen-bond acceptors (Lipinski definition) is 6. The topological polar surface area (TPSA) is 81.7 Å². The predicted octanol–water partition coefficient (Wildman–Crippen LogP) is 4.59. The number of esters is 2. The van der Waals surface area contributed by atoms with Gasteiger partial charge in [0.1, 0.15) is 15.7 Å². The van der Waals surface area contributed by atoms with Crippen LogP contribution < -0.4 is 5.32 Å². The van der Waals surface area contributed by atoms with E-state index in [1.807, 2.05) is 0 Å².